The number of nitrogens with one attached hydrogen (secondary N) is 1. The smallest absolute Gasteiger partial charge is 0.214 e. The van der Waals surface area contributed by atoms with Crippen molar-refractivity contribution in [3.8, 4) is 0 Å². The maximum atomic E-state index is 12.1. The highest BCUT2D eigenvalue weighted by Gasteiger charge is 2.27. The quantitative estimate of drug-likeness (QED) is 0.833. The molecule has 24 heavy (non-hydrogen) atoms. The highest BCUT2D eigenvalue weighted by atomic mass is 32.2. The van der Waals surface area contributed by atoms with E-state index in [0.717, 1.165) is 18.2 Å². The first-order valence-corrected chi connectivity index (χ1v) is 9.72. The summed E-state index contributed by atoms with van der Waals surface area (Å²) in [7, 11) is -3.11. The predicted molar refractivity (Wildman–Crippen MR) is 94.0 cm³/mol. The van der Waals surface area contributed by atoms with Gasteiger partial charge in [-0.15, -0.1) is 0 Å². The van der Waals surface area contributed by atoms with Gasteiger partial charge < -0.3 is 11.1 Å². The Morgan fingerprint density at radius 1 is 1.29 bits per heavy atom. The SMILES string of the molecule is CCCS(=O)(=O)N1CCC(Nc2ncnc3nc(N)ccc23)CC1. The first-order valence-electron chi connectivity index (χ1n) is 8.11. The molecule has 1 aliphatic rings. The van der Waals surface area contributed by atoms with Crippen LogP contribution >= 0.6 is 0 Å². The van der Waals surface area contributed by atoms with E-state index in [1.165, 1.54) is 6.33 Å². The highest BCUT2D eigenvalue weighted by molar-refractivity contribution is 7.89. The summed E-state index contributed by atoms with van der Waals surface area (Å²) in [6.07, 6.45) is 3.59. The summed E-state index contributed by atoms with van der Waals surface area (Å²) in [5.41, 5.74) is 6.24. The normalized spacial score (nSPS) is 17.2. The van der Waals surface area contributed by atoms with Crippen LogP contribution in [0.1, 0.15) is 26.2 Å². The standard InChI is InChI=1S/C15H22N6O2S/c1-2-9-24(22,23)21-7-5-11(6-8-21)19-14-12-3-4-13(16)20-15(12)18-10-17-14/h3-4,10-11H,2,5-9H2,1H3,(H3,16,17,18,19,20). The molecule has 0 unspecified atom stereocenters. The molecule has 0 aromatic carbocycles. The maximum absolute atomic E-state index is 12.1. The van der Waals surface area contributed by atoms with Gasteiger partial charge in [0.25, 0.3) is 0 Å². The lowest BCUT2D eigenvalue weighted by Crippen LogP contribution is -2.43. The molecular formula is C15H22N6O2S. The molecule has 3 N–H and O–H groups in total. The van der Waals surface area contributed by atoms with Crippen LogP contribution in [0.15, 0.2) is 18.5 Å². The number of hydrogen-bond donors (Lipinski definition) is 2. The average molecular weight is 350 g/mol. The Labute approximate surface area is 141 Å². The molecule has 0 bridgehead atoms. The van der Waals surface area contributed by atoms with E-state index < -0.39 is 10.0 Å². The number of nitrogens with two attached hydrogens (primary N) is 1. The molecule has 1 fully saturated rings. The second-order valence-corrected chi connectivity index (χ2v) is 8.05. The summed E-state index contributed by atoms with van der Waals surface area (Å²) in [4.78, 5) is 12.6. The first kappa shape index (κ1) is 16.8. The third-order valence-electron chi connectivity index (χ3n) is 4.17. The number of sulfonamides is 1. The number of nitrogen functional groups attached to an aromatic ring is 1. The number of aromatic nitrogens is 3. The van der Waals surface area contributed by atoms with Crippen molar-refractivity contribution >= 4 is 32.7 Å². The van der Waals surface area contributed by atoms with Gasteiger partial charge in [0.1, 0.15) is 18.0 Å². The van der Waals surface area contributed by atoms with Gasteiger partial charge in [0.15, 0.2) is 5.65 Å². The van der Waals surface area contributed by atoms with Crippen LogP contribution in [-0.2, 0) is 10.0 Å². The summed E-state index contributed by atoms with van der Waals surface area (Å²) in [5.74, 6) is 1.35. The second-order valence-electron chi connectivity index (χ2n) is 5.96. The molecule has 8 nitrogen and oxygen atoms in total. The van der Waals surface area contributed by atoms with Gasteiger partial charge in [0, 0.05) is 19.1 Å². The first-order chi connectivity index (χ1) is 11.5. The van der Waals surface area contributed by atoms with Crippen molar-refractivity contribution in [2.45, 2.75) is 32.2 Å². The Kier molecular flexibility index (Phi) is 4.81. The van der Waals surface area contributed by atoms with E-state index in [9.17, 15) is 8.42 Å². The van der Waals surface area contributed by atoms with Crippen LogP contribution in [0.2, 0.25) is 0 Å². The molecule has 0 amide bonds. The molecule has 0 radical (unpaired) electrons. The van der Waals surface area contributed by atoms with Crippen LogP contribution in [0.5, 0.6) is 0 Å². The number of fused-ring (bicyclic) bond motifs is 1. The lowest BCUT2D eigenvalue weighted by Gasteiger charge is -2.32. The number of anilines is 2. The Balaban J connectivity index is 1.69. The topological polar surface area (TPSA) is 114 Å². The predicted octanol–water partition coefficient (Wildman–Crippen LogP) is 1.22. The third kappa shape index (κ3) is 3.57. The molecule has 3 rings (SSSR count). The van der Waals surface area contributed by atoms with Crippen molar-refractivity contribution in [3.63, 3.8) is 0 Å². The zero-order chi connectivity index (χ0) is 17.2. The molecule has 2 aromatic heterocycles. The number of piperidine rings is 1. The van der Waals surface area contributed by atoms with Gasteiger partial charge in [-0.2, -0.15) is 0 Å². The van der Waals surface area contributed by atoms with Gasteiger partial charge in [-0.1, -0.05) is 6.92 Å². The van der Waals surface area contributed by atoms with Crippen molar-refractivity contribution < 1.29 is 8.42 Å². The van der Waals surface area contributed by atoms with Gasteiger partial charge in [0.05, 0.1) is 11.1 Å². The number of nitrogens with zero attached hydrogens (tertiary/aromatic N) is 4. The summed E-state index contributed by atoms with van der Waals surface area (Å²) < 4.78 is 25.8. The van der Waals surface area contributed by atoms with E-state index in [4.69, 9.17) is 5.73 Å². The van der Waals surface area contributed by atoms with Crippen molar-refractivity contribution in [2.75, 3.05) is 29.9 Å². The average Bonchev–Trinajstić information content (AvgIpc) is 2.55. The minimum Gasteiger partial charge on any atom is -0.384 e. The van der Waals surface area contributed by atoms with Crippen LogP contribution in [0.4, 0.5) is 11.6 Å². The van der Waals surface area contributed by atoms with Gasteiger partial charge >= 0.3 is 0 Å². The summed E-state index contributed by atoms with van der Waals surface area (Å²) >= 11 is 0. The molecule has 130 valence electrons. The zero-order valence-electron chi connectivity index (χ0n) is 13.6. The van der Waals surface area contributed by atoms with Crippen molar-refractivity contribution in [1.82, 2.24) is 19.3 Å². The third-order valence-corrected chi connectivity index (χ3v) is 6.24. The van der Waals surface area contributed by atoms with Gasteiger partial charge in [0.2, 0.25) is 10.0 Å². The summed E-state index contributed by atoms with van der Waals surface area (Å²) in [6.45, 7) is 2.95. The molecule has 1 aliphatic heterocycles. The number of hydrogen-bond acceptors (Lipinski definition) is 7. The van der Waals surface area contributed by atoms with E-state index in [2.05, 4.69) is 20.3 Å². The monoisotopic (exact) mass is 350 g/mol. The minimum absolute atomic E-state index is 0.175. The van der Waals surface area contributed by atoms with Crippen LogP contribution in [0.3, 0.4) is 0 Å². The molecule has 1 saturated heterocycles. The van der Waals surface area contributed by atoms with Crippen molar-refractivity contribution in [3.05, 3.63) is 18.5 Å². The van der Waals surface area contributed by atoms with Gasteiger partial charge in [-0.25, -0.2) is 27.7 Å². The zero-order valence-corrected chi connectivity index (χ0v) is 14.5. The molecule has 0 saturated carbocycles. The molecule has 0 aliphatic carbocycles. The lowest BCUT2D eigenvalue weighted by molar-refractivity contribution is 0.329. The van der Waals surface area contributed by atoms with Crippen LogP contribution in [-0.4, -0.2) is 52.6 Å². The molecule has 0 atom stereocenters. The summed E-state index contributed by atoms with van der Waals surface area (Å²) in [5, 5.41) is 4.21. The molecule has 3 heterocycles. The van der Waals surface area contributed by atoms with Crippen LogP contribution in [0.25, 0.3) is 11.0 Å². The summed E-state index contributed by atoms with van der Waals surface area (Å²) in [6, 6.07) is 3.74. The van der Waals surface area contributed by atoms with E-state index in [0.29, 0.717) is 36.8 Å². The maximum Gasteiger partial charge on any atom is 0.214 e. The Morgan fingerprint density at radius 2 is 2.04 bits per heavy atom. The van der Waals surface area contributed by atoms with Crippen LogP contribution in [0, 0.1) is 0 Å². The largest absolute Gasteiger partial charge is 0.384 e. The highest BCUT2D eigenvalue weighted by Crippen LogP contribution is 2.23. The molecule has 0 spiro atoms. The van der Waals surface area contributed by atoms with E-state index in [1.54, 1.807) is 10.4 Å². The van der Waals surface area contributed by atoms with Gasteiger partial charge in [-0.05, 0) is 31.4 Å². The fraction of sp³-hybridized carbons (Fsp3) is 0.533. The van der Waals surface area contributed by atoms with Gasteiger partial charge in [-0.3, -0.25) is 0 Å². The van der Waals surface area contributed by atoms with E-state index >= 15 is 0 Å². The van der Waals surface area contributed by atoms with Crippen LogP contribution < -0.4 is 11.1 Å². The number of pyridine rings is 1. The number of rotatable bonds is 5. The van der Waals surface area contributed by atoms with Crippen molar-refractivity contribution in [1.29, 1.82) is 0 Å². The Hall–Kier alpha value is -2.00. The Bertz CT molecular complexity index is 818. The Morgan fingerprint density at radius 3 is 2.75 bits per heavy atom. The second kappa shape index (κ2) is 6.86. The minimum atomic E-state index is -3.11. The molecule has 9 heteroatoms. The van der Waals surface area contributed by atoms with E-state index in [1.807, 2.05) is 13.0 Å². The van der Waals surface area contributed by atoms with E-state index in [-0.39, 0.29) is 11.8 Å². The van der Waals surface area contributed by atoms with Crippen molar-refractivity contribution in [2.24, 2.45) is 0 Å². The fourth-order valence-corrected chi connectivity index (χ4v) is 4.47. The fourth-order valence-electron chi connectivity index (χ4n) is 2.93. The lowest BCUT2D eigenvalue weighted by atomic mass is 10.1. The molecule has 2 aromatic rings. The molecular weight excluding hydrogens is 328 g/mol.